The Hall–Kier alpha value is -3.23. The Balaban J connectivity index is 2.09. The highest BCUT2D eigenvalue weighted by atomic mass is 35.5. The molecule has 2 aromatic heterocycles. The van der Waals surface area contributed by atoms with Crippen molar-refractivity contribution in [3.05, 3.63) is 77.6 Å². The number of allylic oxidation sites excluding steroid dienone is 3. The SMILES string of the molecule is C=C(/C=C\C(=C/C)c1nc(-c2ccn(CC)n2)n(C)c1Sc1ccc(Cl)cc1)/C(N)=N\O. The highest BCUT2D eigenvalue weighted by molar-refractivity contribution is 7.99. The van der Waals surface area contributed by atoms with Crippen LogP contribution in [0, 0.1) is 0 Å². The molecule has 0 spiro atoms. The summed E-state index contributed by atoms with van der Waals surface area (Å²) in [5.74, 6) is 0.714. The first-order valence-corrected chi connectivity index (χ1v) is 11.1. The second-order valence-corrected chi connectivity index (χ2v) is 8.35. The molecule has 0 fully saturated rings. The number of rotatable bonds is 8. The number of hydrogen-bond donors (Lipinski definition) is 2. The fourth-order valence-electron chi connectivity index (χ4n) is 2.94. The molecule has 0 aliphatic rings. The van der Waals surface area contributed by atoms with Crippen LogP contribution in [-0.2, 0) is 13.6 Å². The second kappa shape index (κ2) is 10.4. The van der Waals surface area contributed by atoms with E-state index in [0.29, 0.717) is 10.6 Å². The second-order valence-electron chi connectivity index (χ2n) is 6.85. The molecule has 9 heteroatoms. The number of hydrogen-bond acceptors (Lipinski definition) is 5. The van der Waals surface area contributed by atoms with E-state index < -0.39 is 0 Å². The summed E-state index contributed by atoms with van der Waals surface area (Å²) < 4.78 is 3.90. The summed E-state index contributed by atoms with van der Waals surface area (Å²) in [6.07, 6.45) is 7.44. The molecule has 0 amide bonds. The molecule has 3 rings (SSSR count). The molecule has 7 nitrogen and oxygen atoms in total. The average Bonchev–Trinajstić information content (AvgIpc) is 3.40. The minimum Gasteiger partial charge on any atom is -0.409 e. The molecule has 0 aliphatic carbocycles. The molecule has 0 aliphatic heterocycles. The summed E-state index contributed by atoms with van der Waals surface area (Å²) in [5.41, 5.74) is 8.48. The van der Waals surface area contributed by atoms with Crippen LogP contribution in [0.25, 0.3) is 17.1 Å². The Morgan fingerprint density at radius 2 is 2.00 bits per heavy atom. The number of benzene rings is 1. The van der Waals surface area contributed by atoms with E-state index in [-0.39, 0.29) is 5.84 Å². The highest BCUT2D eigenvalue weighted by Gasteiger charge is 2.20. The van der Waals surface area contributed by atoms with Gasteiger partial charge in [-0.3, -0.25) is 4.68 Å². The van der Waals surface area contributed by atoms with Crippen LogP contribution in [0.15, 0.2) is 82.0 Å². The van der Waals surface area contributed by atoms with Gasteiger partial charge >= 0.3 is 0 Å². The molecule has 166 valence electrons. The van der Waals surface area contributed by atoms with E-state index in [4.69, 9.17) is 27.5 Å². The van der Waals surface area contributed by atoms with Gasteiger partial charge in [-0.25, -0.2) is 4.98 Å². The standard InChI is InChI=1S/C23H25ClN6OS/c1-5-16(8-7-15(3)21(25)28-31)20-23(32-18-11-9-17(24)10-12-18)29(4)22(26-20)19-13-14-30(6-2)27-19/h5,7-14,31H,3,6H2,1-2,4H3,(H2,25,28)/b8-7-,16-5+. The molecule has 0 saturated carbocycles. The molecule has 3 N–H and O–H groups in total. The van der Waals surface area contributed by atoms with E-state index in [1.165, 1.54) is 0 Å². The fraction of sp³-hybridized carbons (Fsp3) is 0.174. The van der Waals surface area contributed by atoms with Crippen LogP contribution in [0.3, 0.4) is 0 Å². The molecule has 32 heavy (non-hydrogen) atoms. The van der Waals surface area contributed by atoms with Crippen molar-refractivity contribution in [2.24, 2.45) is 17.9 Å². The Labute approximate surface area is 196 Å². The summed E-state index contributed by atoms with van der Waals surface area (Å²) in [7, 11) is 1.97. The van der Waals surface area contributed by atoms with Crippen molar-refractivity contribution in [2.45, 2.75) is 30.3 Å². The Kier molecular flexibility index (Phi) is 7.61. The minimum absolute atomic E-state index is 0.0423. The monoisotopic (exact) mass is 468 g/mol. The van der Waals surface area contributed by atoms with E-state index in [1.807, 2.05) is 78.8 Å². The third-order valence-electron chi connectivity index (χ3n) is 4.75. The lowest BCUT2D eigenvalue weighted by molar-refractivity contribution is 0.318. The van der Waals surface area contributed by atoms with Gasteiger partial charge in [-0.05, 0) is 49.8 Å². The van der Waals surface area contributed by atoms with Gasteiger partial charge < -0.3 is 15.5 Å². The first-order chi connectivity index (χ1) is 15.4. The topological polar surface area (TPSA) is 94.2 Å². The van der Waals surface area contributed by atoms with Crippen LogP contribution in [0.4, 0.5) is 0 Å². The maximum atomic E-state index is 8.88. The van der Waals surface area contributed by atoms with E-state index in [0.717, 1.165) is 39.3 Å². The van der Waals surface area contributed by atoms with Crippen LogP contribution in [0.5, 0.6) is 0 Å². The molecule has 2 heterocycles. The van der Waals surface area contributed by atoms with Crippen LogP contribution >= 0.6 is 23.4 Å². The molecule has 0 atom stereocenters. The van der Waals surface area contributed by atoms with Crippen molar-refractivity contribution < 1.29 is 5.21 Å². The van der Waals surface area contributed by atoms with Gasteiger partial charge in [0.15, 0.2) is 11.7 Å². The number of nitrogens with two attached hydrogens (primary N) is 1. The number of imidazole rings is 1. The number of amidine groups is 1. The zero-order chi connectivity index (χ0) is 23.3. The van der Waals surface area contributed by atoms with Crippen molar-refractivity contribution in [3.8, 4) is 11.5 Å². The first-order valence-electron chi connectivity index (χ1n) is 9.93. The molecule has 0 saturated heterocycles. The number of oxime groups is 1. The van der Waals surface area contributed by atoms with Gasteiger partial charge in [0.05, 0.1) is 0 Å². The van der Waals surface area contributed by atoms with Gasteiger partial charge in [-0.15, -0.1) is 0 Å². The number of aromatic nitrogens is 4. The minimum atomic E-state index is -0.0423. The Bertz CT molecular complexity index is 1200. The summed E-state index contributed by atoms with van der Waals surface area (Å²) in [5, 5.41) is 18.1. The summed E-state index contributed by atoms with van der Waals surface area (Å²) in [6, 6.07) is 9.63. The third kappa shape index (κ3) is 5.15. The van der Waals surface area contributed by atoms with Gasteiger partial charge in [0, 0.05) is 35.3 Å². The van der Waals surface area contributed by atoms with Crippen molar-refractivity contribution in [2.75, 3.05) is 0 Å². The Morgan fingerprint density at radius 1 is 1.28 bits per heavy atom. The van der Waals surface area contributed by atoms with Crippen LogP contribution in [0.1, 0.15) is 19.5 Å². The normalized spacial score (nSPS) is 12.6. The quantitative estimate of drug-likeness (QED) is 0.152. The molecular weight excluding hydrogens is 444 g/mol. The van der Waals surface area contributed by atoms with E-state index >= 15 is 0 Å². The van der Waals surface area contributed by atoms with Crippen LogP contribution < -0.4 is 5.73 Å². The smallest absolute Gasteiger partial charge is 0.169 e. The molecule has 0 unspecified atom stereocenters. The lowest BCUT2D eigenvalue weighted by Gasteiger charge is -2.08. The predicted molar refractivity (Wildman–Crippen MR) is 131 cm³/mol. The maximum Gasteiger partial charge on any atom is 0.169 e. The van der Waals surface area contributed by atoms with Gasteiger partial charge in [-0.1, -0.05) is 53.3 Å². The Morgan fingerprint density at radius 3 is 2.59 bits per heavy atom. The zero-order valence-electron chi connectivity index (χ0n) is 18.2. The molecular formula is C23H25ClN6OS. The fourth-order valence-corrected chi connectivity index (χ4v) is 4.05. The van der Waals surface area contributed by atoms with E-state index in [2.05, 4.69) is 16.8 Å². The molecule has 0 radical (unpaired) electrons. The molecule has 0 bridgehead atoms. The number of aryl methyl sites for hydroxylation is 1. The van der Waals surface area contributed by atoms with Crippen molar-refractivity contribution in [3.63, 3.8) is 0 Å². The lowest BCUT2D eigenvalue weighted by Crippen LogP contribution is -2.12. The lowest BCUT2D eigenvalue weighted by atomic mass is 10.1. The summed E-state index contributed by atoms with van der Waals surface area (Å²) >= 11 is 7.65. The largest absolute Gasteiger partial charge is 0.409 e. The molecule has 1 aromatic carbocycles. The summed E-state index contributed by atoms with van der Waals surface area (Å²) in [4.78, 5) is 5.97. The van der Waals surface area contributed by atoms with Crippen LogP contribution in [0.2, 0.25) is 5.02 Å². The maximum absolute atomic E-state index is 8.88. The van der Waals surface area contributed by atoms with Crippen molar-refractivity contribution >= 4 is 34.8 Å². The van der Waals surface area contributed by atoms with Gasteiger partial charge in [-0.2, -0.15) is 5.10 Å². The van der Waals surface area contributed by atoms with Crippen molar-refractivity contribution in [1.29, 1.82) is 0 Å². The third-order valence-corrected chi connectivity index (χ3v) is 6.17. The number of halogens is 1. The van der Waals surface area contributed by atoms with Gasteiger partial charge in [0.1, 0.15) is 16.4 Å². The zero-order valence-corrected chi connectivity index (χ0v) is 19.7. The number of nitrogens with zero attached hydrogens (tertiary/aromatic N) is 5. The summed E-state index contributed by atoms with van der Waals surface area (Å²) in [6.45, 7) is 8.58. The van der Waals surface area contributed by atoms with E-state index in [9.17, 15) is 0 Å². The van der Waals surface area contributed by atoms with Crippen molar-refractivity contribution in [1.82, 2.24) is 19.3 Å². The first kappa shape index (κ1) is 23.4. The van der Waals surface area contributed by atoms with Crippen LogP contribution in [-0.4, -0.2) is 30.4 Å². The average molecular weight is 469 g/mol. The predicted octanol–water partition coefficient (Wildman–Crippen LogP) is 5.37. The van der Waals surface area contributed by atoms with Gasteiger partial charge in [0.2, 0.25) is 0 Å². The highest BCUT2D eigenvalue weighted by Crippen LogP contribution is 2.37. The van der Waals surface area contributed by atoms with Gasteiger partial charge in [0.25, 0.3) is 0 Å². The van der Waals surface area contributed by atoms with E-state index in [1.54, 1.807) is 17.8 Å². The molecule has 3 aromatic rings.